The lowest BCUT2D eigenvalue weighted by Crippen LogP contribution is -2.21. The minimum absolute atomic E-state index is 0.00238. The predicted octanol–water partition coefficient (Wildman–Crippen LogP) is 4.79. The molecule has 2 N–H and O–H groups in total. The predicted molar refractivity (Wildman–Crippen MR) is 117 cm³/mol. The summed E-state index contributed by atoms with van der Waals surface area (Å²) in [7, 11) is 0. The van der Waals surface area contributed by atoms with Gasteiger partial charge in [-0.1, -0.05) is 74.5 Å². The number of aliphatic hydroxyl groups is 1. The molecule has 5 heteroatoms. The normalized spacial score (nSPS) is 12.1. The van der Waals surface area contributed by atoms with Crippen molar-refractivity contribution in [3.63, 3.8) is 0 Å². The van der Waals surface area contributed by atoms with E-state index in [1.54, 1.807) is 6.20 Å². The number of hydrogen-bond acceptors (Lipinski definition) is 4. The molecular formula is C24H25N3O2. The van der Waals surface area contributed by atoms with Crippen molar-refractivity contribution in [2.75, 3.05) is 5.32 Å². The summed E-state index contributed by atoms with van der Waals surface area (Å²) in [5.41, 5.74) is 4.05. The van der Waals surface area contributed by atoms with E-state index in [1.165, 1.54) is 0 Å². The van der Waals surface area contributed by atoms with Gasteiger partial charge < -0.3 is 10.4 Å². The first kappa shape index (κ1) is 20.4. The molecule has 0 spiro atoms. The molecule has 3 aromatic rings. The fraction of sp³-hybridized carbons (Fsp3) is 0.208. The van der Waals surface area contributed by atoms with E-state index in [4.69, 9.17) is 4.98 Å². The highest BCUT2D eigenvalue weighted by Crippen LogP contribution is 2.22. The number of aliphatic hydroxyl groups excluding tert-OH is 1. The molecule has 29 heavy (non-hydrogen) atoms. The van der Waals surface area contributed by atoms with Gasteiger partial charge >= 0.3 is 0 Å². The largest absolute Gasteiger partial charge is 0.392 e. The highest BCUT2D eigenvalue weighted by Gasteiger charge is 2.14. The zero-order valence-electron chi connectivity index (χ0n) is 16.7. The van der Waals surface area contributed by atoms with Crippen LogP contribution in [0.3, 0.4) is 0 Å². The standard InChI is InChI=1S/C24H25N3O2/c1-3-17(2)24(29)27-23-21(14-11-18-7-5-4-6-8-18)26-22(15-25-23)20-12-9-19(16-28)10-13-20/h4-15,17,28H,3,16H2,1-2H3,(H,25,27,29)/b14-11+. The zero-order chi connectivity index (χ0) is 20.6. The first-order chi connectivity index (χ1) is 14.1. The van der Waals surface area contributed by atoms with E-state index in [9.17, 15) is 9.90 Å². The van der Waals surface area contributed by atoms with Crippen molar-refractivity contribution < 1.29 is 9.90 Å². The number of carbonyl (C=O) groups excluding carboxylic acids is 1. The van der Waals surface area contributed by atoms with Crippen LogP contribution in [0.1, 0.15) is 37.1 Å². The molecule has 1 aromatic heterocycles. The van der Waals surface area contributed by atoms with Gasteiger partial charge in [-0.05, 0) is 23.6 Å². The molecule has 3 rings (SSSR count). The van der Waals surface area contributed by atoms with E-state index in [1.807, 2.05) is 80.6 Å². The second-order valence-electron chi connectivity index (χ2n) is 6.89. The van der Waals surface area contributed by atoms with Crippen LogP contribution >= 0.6 is 0 Å². The highest BCUT2D eigenvalue weighted by atomic mass is 16.3. The summed E-state index contributed by atoms with van der Waals surface area (Å²) in [4.78, 5) is 21.6. The van der Waals surface area contributed by atoms with Crippen LogP contribution in [0.2, 0.25) is 0 Å². The Bertz CT molecular complexity index is 983. The minimum Gasteiger partial charge on any atom is -0.392 e. The number of aromatic nitrogens is 2. The fourth-order valence-corrected chi connectivity index (χ4v) is 2.70. The summed E-state index contributed by atoms with van der Waals surface area (Å²) in [6.45, 7) is 3.86. The Hall–Kier alpha value is -3.31. The summed E-state index contributed by atoms with van der Waals surface area (Å²) >= 11 is 0. The lowest BCUT2D eigenvalue weighted by Gasteiger charge is -2.12. The number of amides is 1. The number of anilines is 1. The third-order valence-corrected chi connectivity index (χ3v) is 4.77. The summed E-state index contributed by atoms with van der Waals surface area (Å²) < 4.78 is 0. The number of hydrogen-bond donors (Lipinski definition) is 2. The van der Waals surface area contributed by atoms with Gasteiger partial charge in [-0.25, -0.2) is 9.97 Å². The maximum Gasteiger partial charge on any atom is 0.228 e. The fourth-order valence-electron chi connectivity index (χ4n) is 2.70. The summed E-state index contributed by atoms with van der Waals surface area (Å²) in [5, 5.41) is 12.1. The third-order valence-electron chi connectivity index (χ3n) is 4.77. The Balaban J connectivity index is 1.96. The molecule has 0 aliphatic rings. The van der Waals surface area contributed by atoms with Gasteiger partial charge in [0.2, 0.25) is 5.91 Å². The molecule has 5 nitrogen and oxygen atoms in total. The number of carbonyl (C=O) groups is 1. The first-order valence-corrected chi connectivity index (χ1v) is 9.72. The van der Waals surface area contributed by atoms with E-state index in [0.29, 0.717) is 17.2 Å². The monoisotopic (exact) mass is 387 g/mol. The third kappa shape index (κ3) is 5.36. The first-order valence-electron chi connectivity index (χ1n) is 9.72. The second-order valence-corrected chi connectivity index (χ2v) is 6.89. The molecule has 1 atom stereocenters. The molecule has 1 unspecified atom stereocenters. The van der Waals surface area contributed by atoms with Gasteiger partial charge in [0.25, 0.3) is 0 Å². The minimum atomic E-state index is -0.103. The second kappa shape index (κ2) is 9.75. The molecule has 0 aliphatic heterocycles. The van der Waals surface area contributed by atoms with Gasteiger partial charge in [-0.2, -0.15) is 0 Å². The summed E-state index contributed by atoms with van der Waals surface area (Å²) in [5.74, 6) is 0.267. The Morgan fingerprint density at radius 1 is 1.10 bits per heavy atom. The Kier molecular flexibility index (Phi) is 6.87. The van der Waals surface area contributed by atoms with E-state index in [-0.39, 0.29) is 18.4 Å². The molecule has 2 aromatic carbocycles. The number of benzene rings is 2. The molecule has 0 fully saturated rings. The maximum atomic E-state index is 12.4. The molecule has 0 aliphatic carbocycles. The van der Waals surface area contributed by atoms with Gasteiger partial charge in [0.1, 0.15) is 5.69 Å². The van der Waals surface area contributed by atoms with Crippen molar-refractivity contribution >= 4 is 23.9 Å². The van der Waals surface area contributed by atoms with Gasteiger partial charge in [0, 0.05) is 11.5 Å². The molecular weight excluding hydrogens is 362 g/mol. The van der Waals surface area contributed by atoms with Crippen molar-refractivity contribution in [1.29, 1.82) is 0 Å². The zero-order valence-corrected chi connectivity index (χ0v) is 16.7. The molecule has 0 saturated carbocycles. The molecule has 1 heterocycles. The Morgan fingerprint density at radius 3 is 2.48 bits per heavy atom. The number of rotatable bonds is 7. The average molecular weight is 387 g/mol. The van der Waals surface area contributed by atoms with Crippen LogP contribution in [0.5, 0.6) is 0 Å². The van der Waals surface area contributed by atoms with Crippen molar-refractivity contribution in [1.82, 2.24) is 9.97 Å². The van der Waals surface area contributed by atoms with Gasteiger partial charge in [-0.3, -0.25) is 4.79 Å². The van der Waals surface area contributed by atoms with Crippen molar-refractivity contribution in [2.45, 2.75) is 26.9 Å². The summed E-state index contributed by atoms with van der Waals surface area (Å²) in [6.07, 6.45) is 6.21. The molecule has 148 valence electrons. The van der Waals surface area contributed by atoms with Crippen LogP contribution in [0.25, 0.3) is 23.4 Å². The topological polar surface area (TPSA) is 75.1 Å². The Morgan fingerprint density at radius 2 is 1.83 bits per heavy atom. The number of nitrogens with one attached hydrogen (secondary N) is 1. The quantitative estimate of drug-likeness (QED) is 0.611. The molecule has 1 amide bonds. The van der Waals surface area contributed by atoms with Crippen LogP contribution in [-0.2, 0) is 11.4 Å². The average Bonchev–Trinajstić information content (AvgIpc) is 2.78. The van der Waals surface area contributed by atoms with Crippen LogP contribution in [0, 0.1) is 5.92 Å². The highest BCUT2D eigenvalue weighted by molar-refractivity contribution is 5.93. The van der Waals surface area contributed by atoms with Crippen LogP contribution in [-0.4, -0.2) is 21.0 Å². The van der Waals surface area contributed by atoms with Crippen LogP contribution in [0.4, 0.5) is 5.82 Å². The van der Waals surface area contributed by atoms with Gasteiger partial charge in [0.15, 0.2) is 5.82 Å². The van der Waals surface area contributed by atoms with Crippen LogP contribution < -0.4 is 5.32 Å². The Labute approximate surface area is 171 Å². The molecule has 0 bridgehead atoms. The van der Waals surface area contributed by atoms with Crippen LogP contribution in [0.15, 0.2) is 60.8 Å². The van der Waals surface area contributed by atoms with E-state index in [2.05, 4.69) is 10.3 Å². The lowest BCUT2D eigenvalue weighted by atomic mass is 10.1. The smallest absolute Gasteiger partial charge is 0.228 e. The van der Waals surface area contributed by atoms with E-state index < -0.39 is 0 Å². The van der Waals surface area contributed by atoms with Gasteiger partial charge in [-0.15, -0.1) is 0 Å². The van der Waals surface area contributed by atoms with E-state index >= 15 is 0 Å². The van der Waals surface area contributed by atoms with Crippen molar-refractivity contribution in [3.8, 4) is 11.3 Å². The SMILES string of the molecule is CCC(C)C(=O)Nc1ncc(-c2ccc(CO)cc2)nc1/C=C/c1ccccc1. The van der Waals surface area contributed by atoms with Gasteiger partial charge in [0.05, 0.1) is 18.5 Å². The summed E-state index contributed by atoms with van der Waals surface area (Å²) in [6, 6.07) is 17.4. The molecule has 0 radical (unpaired) electrons. The van der Waals surface area contributed by atoms with Crippen molar-refractivity contribution in [2.24, 2.45) is 5.92 Å². The lowest BCUT2D eigenvalue weighted by molar-refractivity contribution is -0.119. The number of nitrogens with zero attached hydrogens (tertiary/aromatic N) is 2. The van der Waals surface area contributed by atoms with E-state index in [0.717, 1.165) is 23.1 Å². The van der Waals surface area contributed by atoms with Crippen molar-refractivity contribution in [3.05, 3.63) is 77.6 Å². The maximum absolute atomic E-state index is 12.4. The molecule has 0 saturated heterocycles.